The lowest BCUT2D eigenvalue weighted by Crippen LogP contribution is -2.43. The van der Waals surface area contributed by atoms with Crippen molar-refractivity contribution >= 4 is 11.9 Å². The number of ether oxygens (including phenoxy) is 1. The van der Waals surface area contributed by atoms with Crippen LogP contribution in [-0.4, -0.2) is 36.7 Å². The van der Waals surface area contributed by atoms with Crippen LogP contribution in [0.25, 0.3) is 0 Å². The van der Waals surface area contributed by atoms with Crippen LogP contribution in [0.2, 0.25) is 0 Å². The predicted molar refractivity (Wildman–Crippen MR) is 45.8 cm³/mol. The van der Waals surface area contributed by atoms with Gasteiger partial charge in [-0.3, -0.25) is 4.79 Å². The van der Waals surface area contributed by atoms with Crippen LogP contribution in [0, 0.1) is 0 Å². The molecule has 2 N–H and O–H groups in total. The maximum absolute atomic E-state index is 10.9. The van der Waals surface area contributed by atoms with Crippen LogP contribution < -0.4 is 5.32 Å². The van der Waals surface area contributed by atoms with Gasteiger partial charge in [0.05, 0.1) is 13.7 Å². The van der Waals surface area contributed by atoms with Gasteiger partial charge in [-0.05, 0) is 13.0 Å². The zero-order valence-corrected chi connectivity index (χ0v) is 7.61. The molecule has 0 heterocycles. The van der Waals surface area contributed by atoms with E-state index in [0.29, 0.717) is 0 Å². The molecular weight excluding hydrogens is 174 g/mol. The molecule has 74 valence electrons. The lowest BCUT2D eigenvalue weighted by Gasteiger charge is -2.11. The highest BCUT2D eigenvalue weighted by Crippen LogP contribution is 1.87. The molecule has 0 spiro atoms. The summed E-state index contributed by atoms with van der Waals surface area (Å²) in [5.74, 6) is -1.10. The largest absolute Gasteiger partial charge is 0.467 e. The van der Waals surface area contributed by atoms with Crippen LogP contribution in [0.15, 0.2) is 12.2 Å². The third kappa shape index (κ3) is 4.27. The molecule has 5 heteroatoms. The quantitative estimate of drug-likeness (QED) is 0.447. The van der Waals surface area contributed by atoms with E-state index in [0.717, 1.165) is 0 Å². The van der Waals surface area contributed by atoms with Crippen LogP contribution >= 0.6 is 0 Å². The number of nitrogens with one attached hydrogen (secondary N) is 1. The molecular formula is C8H13NO4. The lowest BCUT2D eigenvalue weighted by atomic mass is 10.3. The van der Waals surface area contributed by atoms with Crippen molar-refractivity contribution in [2.24, 2.45) is 0 Å². The van der Waals surface area contributed by atoms with Gasteiger partial charge < -0.3 is 15.2 Å². The molecule has 0 saturated heterocycles. The monoisotopic (exact) mass is 187 g/mol. The van der Waals surface area contributed by atoms with Crippen LogP contribution in [-0.2, 0) is 14.3 Å². The van der Waals surface area contributed by atoms with Crippen molar-refractivity contribution in [3.8, 4) is 0 Å². The maximum Gasteiger partial charge on any atom is 0.330 e. The number of carbonyl (C=O) groups is 2. The Kier molecular flexibility index (Phi) is 5.54. The number of esters is 1. The van der Waals surface area contributed by atoms with Gasteiger partial charge in [0.2, 0.25) is 5.91 Å². The number of aliphatic hydroxyl groups excluding tert-OH is 1. The fourth-order valence-electron chi connectivity index (χ4n) is 0.693. The second kappa shape index (κ2) is 6.19. The lowest BCUT2D eigenvalue weighted by molar-refractivity contribution is -0.145. The van der Waals surface area contributed by atoms with Gasteiger partial charge in [0, 0.05) is 0 Å². The Bertz CT molecular complexity index is 212. The normalized spacial score (nSPS) is 12.5. The minimum Gasteiger partial charge on any atom is -0.467 e. The second-order valence-corrected chi connectivity index (χ2v) is 2.27. The molecule has 1 amide bonds. The van der Waals surface area contributed by atoms with Crippen molar-refractivity contribution in [2.75, 3.05) is 13.7 Å². The summed E-state index contributed by atoms with van der Waals surface area (Å²) in [7, 11) is 1.19. The fraction of sp³-hybridized carbons (Fsp3) is 0.500. The minimum absolute atomic E-state index is 0.438. The molecule has 0 rings (SSSR count). The number of carbonyl (C=O) groups excluding carboxylic acids is 2. The van der Waals surface area contributed by atoms with E-state index < -0.39 is 24.5 Å². The van der Waals surface area contributed by atoms with Crippen molar-refractivity contribution in [1.82, 2.24) is 5.32 Å². The molecule has 0 fully saturated rings. The number of allylic oxidation sites excluding steroid dienone is 1. The number of rotatable bonds is 4. The highest BCUT2D eigenvalue weighted by molar-refractivity contribution is 5.91. The standard InChI is InChI=1S/C8H13NO4/c1-3-4-7(11)9-6(5-10)8(12)13-2/h3-4,6,10H,5H2,1-2H3,(H,9,11)/b4-3+. The number of hydrogen-bond acceptors (Lipinski definition) is 4. The first-order valence-corrected chi connectivity index (χ1v) is 3.77. The van der Waals surface area contributed by atoms with Gasteiger partial charge in [0.25, 0.3) is 0 Å². The SMILES string of the molecule is C/C=C/C(=O)NC(CO)C(=O)OC. The first kappa shape index (κ1) is 11.6. The predicted octanol–water partition coefficient (Wildman–Crippen LogP) is -0.787. The average molecular weight is 187 g/mol. The third-order valence-electron chi connectivity index (χ3n) is 1.30. The first-order valence-electron chi connectivity index (χ1n) is 3.77. The molecule has 13 heavy (non-hydrogen) atoms. The van der Waals surface area contributed by atoms with E-state index in [2.05, 4.69) is 10.1 Å². The van der Waals surface area contributed by atoms with Crippen molar-refractivity contribution in [1.29, 1.82) is 0 Å². The minimum atomic E-state index is -0.992. The summed E-state index contributed by atoms with van der Waals surface area (Å²) >= 11 is 0. The number of methoxy groups -OCH3 is 1. The summed E-state index contributed by atoms with van der Waals surface area (Å²) in [4.78, 5) is 21.8. The summed E-state index contributed by atoms with van der Waals surface area (Å²) in [5.41, 5.74) is 0. The van der Waals surface area contributed by atoms with Crippen molar-refractivity contribution in [3.05, 3.63) is 12.2 Å². The van der Waals surface area contributed by atoms with Crippen molar-refractivity contribution < 1.29 is 19.4 Å². The van der Waals surface area contributed by atoms with Gasteiger partial charge in [-0.25, -0.2) is 4.79 Å². The molecule has 0 aliphatic rings. The summed E-state index contributed by atoms with van der Waals surface area (Å²) < 4.78 is 4.34. The maximum atomic E-state index is 10.9. The van der Waals surface area contributed by atoms with E-state index in [4.69, 9.17) is 5.11 Å². The number of aliphatic hydroxyl groups is 1. The molecule has 0 saturated carbocycles. The summed E-state index contributed by atoms with van der Waals surface area (Å²) in [6, 6.07) is -0.992. The molecule has 0 radical (unpaired) electrons. The van der Waals surface area contributed by atoms with Crippen molar-refractivity contribution in [2.45, 2.75) is 13.0 Å². The molecule has 0 aromatic rings. The van der Waals surface area contributed by atoms with Crippen LogP contribution in [0.3, 0.4) is 0 Å². The van der Waals surface area contributed by atoms with E-state index in [9.17, 15) is 9.59 Å². The summed E-state index contributed by atoms with van der Waals surface area (Å²) in [6.45, 7) is 1.20. The zero-order chi connectivity index (χ0) is 10.3. The molecule has 0 aromatic heterocycles. The zero-order valence-electron chi connectivity index (χ0n) is 7.61. The van der Waals surface area contributed by atoms with E-state index in [-0.39, 0.29) is 0 Å². The average Bonchev–Trinajstić information content (AvgIpc) is 2.13. The topological polar surface area (TPSA) is 75.6 Å². The van der Waals surface area contributed by atoms with E-state index in [1.807, 2.05) is 0 Å². The molecule has 0 aromatic carbocycles. The molecule has 1 atom stereocenters. The van der Waals surface area contributed by atoms with E-state index in [1.54, 1.807) is 6.92 Å². The second-order valence-electron chi connectivity index (χ2n) is 2.27. The van der Waals surface area contributed by atoms with Crippen molar-refractivity contribution in [3.63, 3.8) is 0 Å². The Morgan fingerprint density at radius 2 is 2.23 bits per heavy atom. The van der Waals surface area contributed by atoms with Crippen LogP contribution in [0.1, 0.15) is 6.92 Å². The molecule has 0 bridgehead atoms. The Morgan fingerprint density at radius 1 is 1.62 bits per heavy atom. The Morgan fingerprint density at radius 3 is 2.62 bits per heavy atom. The highest BCUT2D eigenvalue weighted by Gasteiger charge is 2.18. The van der Waals surface area contributed by atoms with E-state index >= 15 is 0 Å². The first-order chi connectivity index (χ1) is 6.15. The van der Waals surface area contributed by atoms with Crippen LogP contribution in [0.5, 0.6) is 0 Å². The Hall–Kier alpha value is -1.36. The number of hydrogen-bond donors (Lipinski definition) is 2. The van der Waals surface area contributed by atoms with Gasteiger partial charge in [-0.1, -0.05) is 6.08 Å². The third-order valence-corrected chi connectivity index (χ3v) is 1.30. The smallest absolute Gasteiger partial charge is 0.330 e. The highest BCUT2D eigenvalue weighted by atomic mass is 16.5. The Labute approximate surface area is 76.4 Å². The van der Waals surface area contributed by atoms with Gasteiger partial charge in [-0.15, -0.1) is 0 Å². The van der Waals surface area contributed by atoms with Gasteiger partial charge >= 0.3 is 5.97 Å². The fourth-order valence-corrected chi connectivity index (χ4v) is 0.693. The molecule has 0 aliphatic carbocycles. The molecule has 1 unspecified atom stereocenters. The van der Waals surface area contributed by atoms with Gasteiger partial charge in [0.1, 0.15) is 0 Å². The Balaban J connectivity index is 4.12. The van der Waals surface area contributed by atoms with Gasteiger partial charge in [0.15, 0.2) is 6.04 Å². The van der Waals surface area contributed by atoms with Gasteiger partial charge in [-0.2, -0.15) is 0 Å². The summed E-state index contributed by atoms with van der Waals surface area (Å²) in [6.07, 6.45) is 2.78. The number of amides is 1. The molecule has 5 nitrogen and oxygen atoms in total. The summed E-state index contributed by atoms with van der Waals surface area (Å²) in [5, 5.41) is 11.0. The van der Waals surface area contributed by atoms with E-state index in [1.165, 1.54) is 19.3 Å². The van der Waals surface area contributed by atoms with Crippen LogP contribution in [0.4, 0.5) is 0 Å². The molecule has 0 aliphatic heterocycles.